The maximum absolute atomic E-state index is 11.9. The summed E-state index contributed by atoms with van der Waals surface area (Å²) in [6.45, 7) is 4.56. The molecule has 1 saturated carbocycles. The number of benzene rings is 3. The number of nitrogens with zero attached hydrogens (tertiary/aromatic N) is 5. The predicted octanol–water partition coefficient (Wildman–Crippen LogP) is 6.30. The Morgan fingerprint density at radius 3 is 2.24 bits per heavy atom. The second-order valence-electron chi connectivity index (χ2n) is 12.5. The van der Waals surface area contributed by atoms with Crippen molar-refractivity contribution in [1.29, 1.82) is 5.41 Å². The first-order chi connectivity index (χ1) is 22.4. The molecule has 1 aliphatic heterocycles. The smallest absolute Gasteiger partial charge is 0.347 e. The molecular formula is C35H42Cl2N8O. The average molecular weight is 662 g/mol. The number of nitrogens with one attached hydrogen (secondary N) is 3. The molecule has 1 aromatic heterocycles. The van der Waals surface area contributed by atoms with Crippen molar-refractivity contribution in [3.63, 3.8) is 0 Å². The largest absolute Gasteiger partial charge is 0.368 e. The second kappa shape index (κ2) is 14.3. The van der Waals surface area contributed by atoms with Crippen LogP contribution < -0.4 is 20.9 Å². The highest BCUT2D eigenvalue weighted by Gasteiger charge is 2.41. The van der Waals surface area contributed by atoms with Gasteiger partial charge in [0.1, 0.15) is 6.33 Å². The first-order valence-corrected chi connectivity index (χ1v) is 16.8. The zero-order valence-corrected chi connectivity index (χ0v) is 27.8. The molecule has 1 aliphatic carbocycles. The fraction of sp³-hybridized carbons (Fsp3) is 0.400. The summed E-state index contributed by atoms with van der Waals surface area (Å²) in [5, 5.41) is 17.2. The van der Waals surface area contributed by atoms with Crippen molar-refractivity contribution in [1.82, 2.24) is 25.2 Å². The molecule has 46 heavy (non-hydrogen) atoms. The van der Waals surface area contributed by atoms with Gasteiger partial charge in [0.25, 0.3) is 0 Å². The van der Waals surface area contributed by atoms with E-state index in [4.69, 9.17) is 28.6 Å². The Morgan fingerprint density at radius 2 is 1.65 bits per heavy atom. The van der Waals surface area contributed by atoms with E-state index in [1.807, 2.05) is 36.3 Å². The summed E-state index contributed by atoms with van der Waals surface area (Å²) in [7, 11) is 1.85. The number of piperazine rings is 1. The molecule has 2 unspecified atom stereocenters. The van der Waals surface area contributed by atoms with Gasteiger partial charge >= 0.3 is 5.69 Å². The summed E-state index contributed by atoms with van der Waals surface area (Å²) in [4.78, 5) is 16.7. The molecule has 0 bridgehead atoms. The molecule has 3 N–H and O–H groups in total. The van der Waals surface area contributed by atoms with Gasteiger partial charge in [-0.05, 0) is 110 Å². The van der Waals surface area contributed by atoms with Gasteiger partial charge in [0.05, 0.1) is 12.0 Å². The zero-order chi connectivity index (χ0) is 32.1. The Bertz CT molecular complexity index is 1660. The minimum absolute atomic E-state index is 0.0161. The minimum atomic E-state index is -0.236. The van der Waals surface area contributed by atoms with Gasteiger partial charge in [0.2, 0.25) is 0 Å². The van der Waals surface area contributed by atoms with E-state index >= 15 is 0 Å². The van der Waals surface area contributed by atoms with Crippen LogP contribution in [0.5, 0.6) is 0 Å². The van der Waals surface area contributed by atoms with Gasteiger partial charge in [-0.25, -0.2) is 19.9 Å². The number of halogens is 2. The molecule has 2 aliphatic rings. The number of H-pyrrole nitrogens is 1. The van der Waals surface area contributed by atoms with Gasteiger partial charge in [0.15, 0.2) is 0 Å². The van der Waals surface area contributed by atoms with Crippen LogP contribution in [0.25, 0.3) is 5.69 Å². The first-order valence-electron chi connectivity index (χ1n) is 16.1. The van der Waals surface area contributed by atoms with Crippen LogP contribution in [0.2, 0.25) is 10.0 Å². The van der Waals surface area contributed by atoms with Gasteiger partial charge in [-0.2, -0.15) is 5.10 Å². The highest BCUT2D eigenvalue weighted by Crippen LogP contribution is 2.50. The number of aromatic amines is 1. The van der Waals surface area contributed by atoms with Crippen LogP contribution in [0.3, 0.4) is 0 Å². The topological polar surface area (TPSA) is 96.3 Å². The van der Waals surface area contributed by atoms with E-state index in [0.29, 0.717) is 10.9 Å². The second-order valence-corrected chi connectivity index (χ2v) is 13.4. The maximum Gasteiger partial charge on any atom is 0.347 e. The Morgan fingerprint density at radius 1 is 1.00 bits per heavy atom. The van der Waals surface area contributed by atoms with Crippen LogP contribution in [0.15, 0.2) is 77.9 Å². The molecule has 242 valence electrons. The third-order valence-electron chi connectivity index (χ3n) is 9.95. The lowest BCUT2D eigenvalue weighted by Crippen LogP contribution is -2.46. The van der Waals surface area contributed by atoms with E-state index in [2.05, 4.69) is 67.9 Å². The van der Waals surface area contributed by atoms with E-state index in [1.165, 1.54) is 46.2 Å². The van der Waals surface area contributed by atoms with Crippen LogP contribution in [0.4, 0.5) is 11.4 Å². The van der Waals surface area contributed by atoms with Crippen molar-refractivity contribution in [2.24, 2.45) is 5.92 Å². The monoisotopic (exact) mass is 660 g/mol. The SMILES string of the molecule is CNN(C=N)CCC1(c2ccc(Cl)cc2Cl)CCC(CCc2ccc(N3CCN(c4ccc(-n5cn[nH]c5=O)cc4)CC3)cc2)C1. The number of anilines is 2. The molecule has 2 heterocycles. The molecule has 2 fully saturated rings. The van der Waals surface area contributed by atoms with Gasteiger partial charge in [-0.15, -0.1) is 0 Å². The van der Waals surface area contributed by atoms with Gasteiger partial charge in [-0.1, -0.05) is 41.4 Å². The molecule has 0 amide bonds. The summed E-state index contributed by atoms with van der Waals surface area (Å²) < 4.78 is 1.50. The van der Waals surface area contributed by atoms with Gasteiger partial charge in [0, 0.05) is 61.2 Å². The fourth-order valence-electron chi connectivity index (χ4n) is 7.31. The van der Waals surface area contributed by atoms with Crippen molar-refractivity contribution in [3.05, 3.63) is 105 Å². The van der Waals surface area contributed by atoms with Crippen molar-refractivity contribution in [3.8, 4) is 5.69 Å². The van der Waals surface area contributed by atoms with E-state index < -0.39 is 0 Å². The number of aryl methyl sites for hydroxylation is 1. The van der Waals surface area contributed by atoms with E-state index in [1.54, 1.807) is 0 Å². The number of hydrogen-bond acceptors (Lipinski definition) is 6. The summed E-state index contributed by atoms with van der Waals surface area (Å²) in [6.07, 6.45) is 9.36. The van der Waals surface area contributed by atoms with Crippen LogP contribution in [0, 0.1) is 11.3 Å². The number of rotatable bonds is 12. The van der Waals surface area contributed by atoms with Crippen molar-refractivity contribution in [2.45, 2.75) is 43.9 Å². The molecule has 9 nitrogen and oxygen atoms in total. The molecule has 3 aromatic carbocycles. The van der Waals surface area contributed by atoms with Crippen LogP contribution in [0.1, 0.15) is 43.2 Å². The first kappa shape index (κ1) is 32.2. The molecule has 0 radical (unpaired) electrons. The third kappa shape index (κ3) is 7.12. The summed E-state index contributed by atoms with van der Waals surface area (Å²) in [6, 6.07) is 23.2. The lowest BCUT2D eigenvalue weighted by Gasteiger charge is -2.37. The van der Waals surface area contributed by atoms with Crippen LogP contribution >= 0.6 is 23.2 Å². The third-order valence-corrected chi connectivity index (χ3v) is 10.5. The highest BCUT2D eigenvalue weighted by atomic mass is 35.5. The average Bonchev–Trinajstić information content (AvgIpc) is 3.71. The molecule has 1 saturated heterocycles. The lowest BCUT2D eigenvalue weighted by atomic mass is 9.75. The van der Waals surface area contributed by atoms with Crippen LogP contribution in [-0.2, 0) is 11.8 Å². The number of hydrogen-bond donors (Lipinski definition) is 3. The Balaban J connectivity index is 1.02. The Kier molecular flexibility index (Phi) is 10.0. The molecule has 6 rings (SSSR count). The van der Waals surface area contributed by atoms with Crippen molar-refractivity contribution >= 4 is 40.9 Å². The van der Waals surface area contributed by atoms with Crippen LogP contribution in [-0.4, -0.2) is 65.9 Å². The normalized spacial score (nSPS) is 19.8. The molecule has 4 aromatic rings. The molecule has 0 spiro atoms. The number of aromatic nitrogens is 3. The van der Waals surface area contributed by atoms with Gasteiger partial charge < -0.3 is 9.80 Å². The number of hydrazine groups is 1. The Hall–Kier alpha value is -3.79. The van der Waals surface area contributed by atoms with E-state index in [-0.39, 0.29) is 11.1 Å². The molecular weight excluding hydrogens is 619 g/mol. The molecule has 11 heteroatoms. The lowest BCUT2D eigenvalue weighted by molar-refractivity contribution is 0.281. The zero-order valence-electron chi connectivity index (χ0n) is 26.3. The fourth-order valence-corrected chi connectivity index (χ4v) is 7.92. The summed E-state index contributed by atoms with van der Waals surface area (Å²) >= 11 is 13.0. The van der Waals surface area contributed by atoms with Crippen molar-refractivity contribution in [2.75, 3.05) is 49.6 Å². The minimum Gasteiger partial charge on any atom is -0.368 e. The summed E-state index contributed by atoms with van der Waals surface area (Å²) in [5.74, 6) is 0.622. The highest BCUT2D eigenvalue weighted by molar-refractivity contribution is 6.35. The van der Waals surface area contributed by atoms with Gasteiger partial charge in [-0.3, -0.25) is 10.4 Å². The van der Waals surface area contributed by atoms with E-state index in [9.17, 15) is 4.79 Å². The molecule has 2 atom stereocenters. The summed E-state index contributed by atoms with van der Waals surface area (Å²) in [5.41, 5.74) is 8.65. The standard InChI is InChI=1S/C35H42Cl2N8O/c1-39-44(24-38)17-16-35(32-13-6-28(36)22-33(32)37)15-14-27(23-35)3-2-26-4-7-29(8-5-26)42-18-20-43(21-19-42)30-9-11-31(12-10-30)45-25-40-41-34(45)46/h4-13,22,24-25,27,38-39H,2-3,14-21,23H2,1H3,(H,41,46). The maximum atomic E-state index is 11.9. The van der Waals surface area contributed by atoms with Crippen molar-refractivity contribution < 1.29 is 0 Å². The quantitative estimate of drug-likeness (QED) is 0.0938. The predicted molar refractivity (Wildman–Crippen MR) is 188 cm³/mol. The van der Waals surface area contributed by atoms with E-state index in [0.717, 1.165) is 75.5 Å². The Labute approximate surface area is 280 Å².